The molecule has 0 aromatic carbocycles. The van der Waals surface area contributed by atoms with Crippen molar-refractivity contribution in [1.82, 2.24) is 10.6 Å². The molecule has 0 saturated carbocycles. The van der Waals surface area contributed by atoms with Crippen molar-refractivity contribution in [3.63, 3.8) is 0 Å². The van der Waals surface area contributed by atoms with E-state index < -0.39 is 18.0 Å². The van der Waals surface area contributed by atoms with E-state index in [-0.39, 0.29) is 24.2 Å². The summed E-state index contributed by atoms with van der Waals surface area (Å²) in [6.07, 6.45) is 2.32. The number of carbonyl (C=O) groups excluding carboxylic acids is 2. The maximum absolute atomic E-state index is 12.0. The Balaban J connectivity index is 2.39. The second-order valence-electron chi connectivity index (χ2n) is 6.00. The number of hydrogen-bond donors (Lipinski definition) is 3. The Morgan fingerprint density at radius 3 is 2.48 bits per heavy atom. The van der Waals surface area contributed by atoms with Crippen molar-refractivity contribution >= 4 is 17.8 Å². The Bertz CT molecular complexity index is 525. The van der Waals surface area contributed by atoms with Gasteiger partial charge in [-0.2, -0.15) is 0 Å². The molecule has 2 atom stereocenters. The van der Waals surface area contributed by atoms with Gasteiger partial charge in [0.25, 0.3) is 0 Å². The molecule has 0 radical (unpaired) electrons. The first-order chi connectivity index (χ1) is 10.8. The smallest absolute Gasteiger partial charge is 0.326 e. The van der Waals surface area contributed by atoms with Crippen LogP contribution in [0.15, 0.2) is 22.8 Å². The van der Waals surface area contributed by atoms with Crippen LogP contribution >= 0.6 is 0 Å². The second kappa shape index (κ2) is 8.97. The van der Waals surface area contributed by atoms with Gasteiger partial charge in [-0.25, -0.2) is 9.59 Å². The standard InChI is InChI=1S/C16H24N2O5/c1-10(2)7-13(15(20)21)18-16(22)17-9-14(19)11(3)8-12-5-4-6-23-12/h4-6,10-11,13H,7-9H2,1-3H3,(H,20,21)(H2,17,18,22)/t11-,13+/m1/s1. The molecule has 3 N–H and O–H groups in total. The number of carboxylic acid groups (broad SMARTS) is 1. The van der Waals surface area contributed by atoms with Crippen LogP contribution in [-0.2, 0) is 16.0 Å². The van der Waals surface area contributed by atoms with Crippen molar-refractivity contribution in [2.75, 3.05) is 6.54 Å². The molecule has 1 aromatic rings. The maximum Gasteiger partial charge on any atom is 0.326 e. The van der Waals surface area contributed by atoms with Gasteiger partial charge in [-0.05, 0) is 24.5 Å². The Labute approximate surface area is 135 Å². The molecule has 128 valence electrons. The lowest BCUT2D eigenvalue weighted by Gasteiger charge is -2.17. The van der Waals surface area contributed by atoms with Crippen molar-refractivity contribution < 1.29 is 23.9 Å². The van der Waals surface area contributed by atoms with Crippen LogP contribution in [0.5, 0.6) is 0 Å². The van der Waals surface area contributed by atoms with Crippen LogP contribution in [0.25, 0.3) is 0 Å². The number of Topliss-reactive ketones (excluding diaryl/α,β-unsaturated/α-hetero) is 1. The van der Waals surface area contributed by atoms with Gasteiger partial charge in [-0.1, -0.05) is 20.8 Å². The van der Waals surface area contributed by atoms with Crippen LogP contribution < -0.4 is 10.6 Å². The highest BCUT2D eigenvalue weighted by atomic mass is 16.4. The van der Waals surface area contributed by atoms with Crippen molar-refractivity contribution in [2.24, 2.45) is 11.8 Å². The molecule has 0 saturated heterocycles. The molecule has 7 nitrogen and oxygen atoms in total. The van der Waals surface area contributed by atoms with Crippen molar-refractivity contribution in [1.29, 1.82) is 0 Å². The molecular formula is C16H24N2O5. The van der Waals surface area contributed by atoms with Gasteiger partial charge >= 0.3 is 12.0 Å². The minimum absolute atomic E-state index is 0.131. The summed E-state index contributed by atoms with van der Waals surface area (Å²) in [6.45, 7) is 5.34. The summed E-state index contributed by atoms with van der Waals surface area (Å²) in [5, 5.41) is 13.8. The van der Waals surface area contributed by atoms with Crippen LogP contribution in [0.2, 0.25) is 0 Å². The summed E-state index contributed by atoms with van der Waals surface area (Å²) in [5.74, 6) is -0.699. The predicted molar refractivity (Wildman–Crippen MR) is 84.0 cm³/mol. The number of ketones is 1. The van der Waals surface area contributed by atoms with E-state index in [9.17, 15) is 14.4 Å². The topological polar surface area (TPSA) is 109 Å². The summed E-state index contributed by atoms with van der Waals surface area (Å²) in [5.41, 5.74) is 0. The number of carbonyl (C=O) groups is 3. The van der Waals surface area contributed by atoms with Crippen molar-refractivity contribution in [2.45, 2.75) is 39.7 Å². The maximum atomic E-state index is 12.0. The third-order valence-corrected chi connectivity index (χ3v) is 3.37. The Kier molecular flexibility index (Phi) is 7.31. The quantitative estimate of drug-likeness (QED) is 0.642. The summed E-state index contributed by atoms with van der Waals surface area (Å²) in [6, 6.07) is 1.91. The average molecular weight is 324 g/mol. The van der Waals surface area contributed by atoms with Crippen LogP contribution in [-0.4, -0.2) is 35.5 Å². The summed E-state index contributed by atoms with van der Waals surface area (Å²) in [4.78, 5) is 34.8. The molecule has 1 heterocycles. The first kappa shape index (κ1) is 18.7. The molecule has 0 spiro atoms. The SMILES string of the molecule is CC(C)C[C@H](NC(=O)NCC(=O)[C@H](C)Cc1ccco1)C(=O)O. The summed E-state index contributed by atoms with van der Waals surface area (Å²) in [7, 11) is 0. The van der Waals surface area contributed by atoms with Crippen LogP contribution in [0.1, 0.15) is 33.0 Å². The third-order valence-electron chi connectivity index (χ3n) is 3.37. The highest BCUT2D eigenvalue weighted by molar-refractivity contribution is 5.88. The molecule has 7 heteroatoms. The molecule has 0 aliphatic rings. The molecule has 2 amide bonds. The van der Waals surface area contributed by atoms with Gasteiger partial charge in [0.05, 0.1) is 12.8 Å². The van der Waals surface area contributed by atoms with Crippen molar-refractivity contribution in [3.05, 3.63) is 24.2 Å². The molecule has 1 aromatic heterocycles. The van der Waals surface area contributed by atoms with E-state index in [1.807, 2.05) is 13.8 Å². The normalized spacial score (nSPS) is 13.4. The third kappa shape index (κ3) is 6.99. The molecule has 1 rings (SSSR count). The van der Waals surface area contributed by atoms with Gasteiger partial charge in [0.2, 0.25) is 0 Å². The van der Waals surface area contributed by atoms with Gasteiger partial charge in [0.15, 0.2) is 5.78 Å². The molecule has 0 aliphatic heterocycles. The Morgan fingerprint density at radius 2 is 1.96 bits per heavy atom. The molecule has 23 heavy (non-hydrogen) atoms. The van der Waals surface area contributed by atoms with E-state index in [1.165, 1.54) is 0 Å². The van der Waals surface area contributed by atoms with Crippen LogP contribution in [0.4, 0.5) is 4.79 Å². The molecular weight excluding hydrogens is 300 g/mol. The van der Waals surface area contributed by atoms with Gasteiger partial charge < -0.3 is 20.2 Å². The Hall–Kier alpha value is -2.31. The number of urea groups is 1. The van der Waals surface area contributed by atoms with Gasteiger partial charge in [0, 0.05) is 12.3 Å². The van der Waals surface area contributed by atoms with Crippen molar-refractivity contribution in [3.8, 4) is 0 Å². The molecule has 0 unspecified atom stereocenters. The van der Waals surface area contributed by atoms with Crippen LogP contribution in [0.3, 0.4) is 0 Å². The van der Waals surface area contributed by atoms with E-state index >= 15 is 0 Å². The fourth-order valence-electron chi connectivity index (χ4n) is 2.09. The first-order valence-corrected chi connectivity index (χ1v) is 7.61. The molecule has 0 bridgehead atoms. The lowest BCUT2D eigenvalue weighted by molar-refractivity contribution is -0.139. The van der Waals surface area contributed by atoms with E-state index in [0.29, 0.717) is 18.6 Å². The monoisotopic (exact) mass is 324 g/mol. The number of hydrogen-bond acceptors (Lipinski definition) is 4. The van der Waals surface area contributed by atoms with E-state index in [4.69, 9.17) is 9.52 Å². The highest BCUT2D eigenvalue weighted by Crippen LogP contribution is 2.09. The Morgan fingerprint density at radius 1 is 1.26 bits per heavy atom. The summed E-state index contributed by atoms with van der Waals surface area (Å²) >= 11 is 0. The van der Waals surface area contributed by atoms with E-state index in [0.717, 1.165) is 0 Å². The predicted octanol–water partition coefficient (Wildman–Crippen LogP) is 1.83. The second-order valence-corrected chi connectivity index (χ2v) is 6.00. The molecule has 0 fully saturated rings. The summed E-state index contributed by atoms with van der Waals surface area (Å²) < 4.78 is 5.18. The van der Waals surface area contributed by atoms with Gasteiger partial charge in [-0.3, -0.25) is 4.79 Å². The zero-order chi connectivity index (χ0) is 17.4. The number of aliphatic carboxylic acids is 1. The lowest BCUT2D eigenvalue weighted by Crippen LogP contribution is -2.48. The van der Waals surface area contributed by atoms with Gasteiger partial charge in [0.1, 0.15) is 11.8 Å². The highest BCUT2D eigenvalue weighted by Gasteiger charge is 2.22. The minimum Gasteiger partial charge on any atom is -0.480 e. The number of nitrogens with one attached hydrogen (secondary N) is 2. The number of amides is 2. The minimum atomic E-state index is -1.09. The number of furan rings is 1. The largest absolute Gasteiger partial charge is 0.480 e. The van der Waals surface area contributed by atoms with E-state index in [2.05, 4.69) is 10.6 Å². The first-order valence-electron chi connectivity index (χ1n) is 7.61. The number of carboxylic acids is 1. The molecule has 0 aliphatic carbocycles. The fraction of sp³-hybridized carbons (Fsp3) is 0.562. The number of rotatable bonds is 9. The zero-order valence-corrected chi connectivity index (χ0v) is 13.7. The average Bonchev–Trinajstić information content (AvgIpc) is 2.96. The van der Waals surface area contributed by atoms with Gasteiger partial charge in [-0.15, -0.1) is 0 Å². The zero-order valence-electron chi connectivity index (χ0n) is 13.7. The lowest BCUT2D eigenvalue weighted by atomic mass is 10.0. The van der Waals surface area contributed by atoms with Crippen LogP contribution in [0, 0.1) is 11.8 Å². The fourth-order valence-corrected chi connectivity index (χ4v) is 2.09. The van der Waals surface area contributed by atoms with E-state index in [1.54, 1.807) is 25.3 Å².